The van der Waals surface area contributed by atoms with Crippen molar-refractivity contribution in [3.05, 3.63) is 35.9 Å². The maximum atomic E-state index is 5.76. The highest BCUT2D eigenvalue weighted by Crippen LogP contribution is 2.15. The lowest BCUT2D eigenvalue weighted by Gasteiger charge is -2.18. The zero-order chi connectivity index (χ0) is 13.6. The summed E-state index contributed by atoms with van der Waals surface area (Å²) < 4.78 is 5.76. The first-order valence-corrected chi connectivity index (χ1v) is 9.95. The van der Waals surface area contributed by atoms with E-state index in [1.165, 1.54) is 5.56 Å². The summed E-state index contributed by atoms with van der Waals surface area (Å²) in [7, 11) is -1.29. The smallest absolute Gasteiger partial charge is 0.129 e. The maximum Gasteiger partial charge on any atom is 0.129 e. The molecular weight excluding hydrogens is 236 g/mol. The molecule has 0 atom stereocenters. The minimum atomic E-state index is -1.29. The molecule has 18 heavy (non-hydrogen) atoms. The van der Waals surface area contributed by atoms with Crippen LogP contribution in [0, 0.1) is 16.9 Å². The molecule has 2 heteroatoms. The van der Waals surface area contributed by atoms with Gasteiger partial charge in [-0.05, 0) is 19.4 Å². The van der Waals surface area contributed by atoms with E-state index in [0.717, 1.165) is 0 Å². The van der Waals surface area contributed by atoms with Crippen LogP contribution in [0.4, 0.5) is 0 Å². The van der Waals surface area contributed by atoms with E-state index in [2.05, 4.69) is 57.1 Å². The molecule has 0 heterocycles. The van der Waals surface area contributed by atoms with Gasteiger partial charge in [-0.2, -0.15) is 0 Å². The Bertz CT molecular complexity index is 418. The van der Waals surface area contributed by atoms with Gasteiger partial charge in [0, 0.05) is 5.41 Å². The second kappa shape index (κ2) is 6.22. The van der Waals surface area contributed by atoms with E-state index >= 15 is 0 Å². The van der Waals surface area contributed by atoms with Crippen LogP contribution >= 0.6 is 0 Å². The van der Waals surface area contributed by atoms with Gasteiger partial charge in [-0.25, -0.2) is 0 Å². The molecule has 0 aliphatic carbocycles. The van der Waals surface area contributed by atoms with Crippen LogP contribution in [0.25, 0.3) is 0 Å². The molecule has 0 aliphatic rings. The van der Waals surface area contributed by atoms with Crippen molar-refractivity contribution in [3.8, 4) is 11.5 Å². The molecule has 0 aromatic heterocycles. The third kappa shape index (κ3) is 6.63. The highest BCUT2D eigenvalue weighted by molar-refractivity contribution is 6.83. The summed E-state index contributed by atoms with van der Waals surface area (Å²) in [5.41, 5.74) is 4.57. The normalized spacial score (nSPS) is 11.8. The monoisotopic (exact) mass is 260 g/mol. The van der Waals surface area contributed by atoms with Crippen molar-refractivity contribution < 1.29 is 4.74 Å². The largest absolute Gasteiger partial charge is 0.375 e. The van der Waals surface area contributed by atoms with Gasteiger partial charge in [0.1, 0.15) is 8.07 Å². The molecule has 0 aliphatic heterocycles. The maximum absolute atomic E-state index is 5.76. The lowest BCUT2D eigenvalue weighted by molar-refractivity contribution is 0.0753. The predicted molar refractivity (Wildman–Crippen MR) is 81.0 cm³/mol. The summed E-state index contributed by atoms with van der Waals surface area (Å²) in [6, 6.07) is 10.3. The molecule has 1 aromatic rings. The topological polar surface area (TPSA) is 9.23 Å². The zero-order valence-corrected chi connectivity index (χ0v) is 13.2. The number of rotatable bonds is 4. The second-order valence-corrected chi connectivity index (χ2v) is 11.1. The van der Waals surface area contributed by atoms with Crippen molar-refractivity contribution in [2.75, 3.05) is 6.61 Å². The molecule has 98 valence electrons. The molecular formula is C16H24OSi. The average Bonchev–Trinajstić information content (AvgIpc) is 2.27. The Kier molecular flexibility index (Phi) is 5.19. The van der Waals surface area contributed by atoms with Crippen LogP contribution in [-0.4, -0.2) is 14.7 Å². The highest BCUT2D eigenvalue weighted by atomic mass is 28.3. The molecule has 0 radical (unpaired) electrons. The molecule has 1 rings (SSSR count). The summed E-state index contributed by atoms with van der Waals surface area (Å²) in [4.78, 5) is 0. The van der Waals surface area contributed by atoms with E-state index < -0.39 is 8.07 Å². The van der Waals surface area contributed by atoms with Gasteiger partial charge >= 0.3 is 0 Å². The van der Waals surface area contributed by atoms with Gasteiger partial charge in [0.2, 0.25) is 0 Å². The molecule has 0 saturated heterocycles. The molecule has 0 N–H and O–H groups in total. The van der Waals surface area contributed by atoms with Gasteiger partial charge in [0.15, 0.2) is 0 Å². The molecule has 0 fully saturated rings. The Hall–Kier alpha value is -1.04. The van der Waals surface area contributed by atoms with Crippen LogP contribution in [-0.2, 0) is 11.3 Å². The standard InChI is InChI=1S/C16H24OSi/c1-16(2,11-12-18(3,4)5)14-17-13-15-9-7-6-8-10-15/h6-10H,13-14H2,1-5H3. The first kappa shape index (κ1) is 15.0. The van der Waals surface area contributed by atoms with Gasteiger partial charge in [0.25, 0.3) is 0 Å². The van der Waals surface area contributed by atoms with Gasteiger partial charge in [-0.15, -0.1) is 11.5 Å². The van der Waals surface area contributed by atoms with E-state index in [1.807, 2.05) is 18.2 Å². The Morgan fingerprint density at radius 1 is 1.11 bits per heavy atom. The van der Waals surface area contributed by atoms with E-state index in [1.54, 1.807) is 0 Å². The molecule has 0 bridgehead atoms. The second-order valence-electron chi connectivity index (χ2n) is 6.36. The van der Waals surface area contributed by atoms with E-state index in [-0.39, 0.29) is 5.41 Å². The SMILES string of the molecule is CC(C)(C#C[Si](C)(C)C)COCc1ccccc1. The summed E-state index contributed by atoms with van der Waals surface area (Å²) in [5.74, 6) is 3.37. The molecule has 0 amide bonds. The van der Waals surface area contributed by atoms with Crippen molar-refractivity contribution in [1.82, 2.24) is 0 Å². The van der Waals surface area contributed by atoms with Crippen molar-refractivity contribution in [2.45, 2.75) is 40.1 Å². The van der Waals surface area contributed by atoms with Gasteiger partial charge in [-0.1, -0.05) is 50.0 Å². The van der Waals surface area contributed by atoms with Crippen LogP contribution in [0.5, 0.6) is 0 Å². The number of hydrogen-bond donors (Lipinski definition) is 0. The molecule has 0 saturated carbocycles. The van der Waals surface area contributed by atoms with Crippen molar-refractivity contribution in [3.63, 3.8) is 0 Å². The van der Waals surface area contributed by atoms with Gasteiger partial charge < -0.3 is 4.74 Å². The molecule has 0 spiro atoms. The summed E-state index contributed by atoms with van der Waals surface area (Å²) in [6.45, 7) is 12.4. The van der Waals surface area contributed by atoms with E-state index in [4.69, 9.17) is 4.74 Å². The third-order valence-electron chi connectivity index (χ3n) is 2.35. The summed E-state index contributed by atoms with van der Waals surface area (Å²) >= 11 is 0. The quantitative estimate of drug-likeness (QED) is 0.585. The average molecular weight is 260 g/mol. The Balaban J connectivity index is 2.44. The summed E-state index contributed by atoms with van der Waals surface area (Å²) in [6.07, 6.45) is 0. The van der Waals surface area contributed by atoms with Crippen molar-refractivity contribution in [1.29, 1.82) is 0 Å². The zero-order valence-electron chi connectivity index (χ0n) is 12.2. The Morgan fingerprint density at radius 3 is 2.28 bits per heavy atom. The van der Waals surface area contributed by atoms with Crippen LogP contribution in [0.1, 0.15) is 19.4 Å². The van der Waals surface area contributed by atoms with E-state index in [0.29, 0.717) is 13.2 Å². The number of ether oxygens (including phenoxy) is 1. The Morgan fingerprint density at radius 2 is 1.72 bits per heavy atom. The van der Waals surface area contributed by atoms with Gasteiger partial charge in [0.05, 0.1) is 13.2 Å². The fourth-order valence-corrected chi connectivity index (χ4v) is 2.10. The van der Waals surface area contributed by atoms with Crippen molar-refractivity contribution in [2.24, 2.45) is 5.41 Å². The van der Waals surface area contributed by atoms with Crippen LogP contribution < -0.4 is 0 Å². The first-order valence-electron chi connectivity index (χ1n) is 6.45. The van der Waals surface area contributed by atoms with Crippen LogP contribution in [0.3, 0.4) is 0 Å². The molecule has 0 unspecified atom stereocenters. The Labute approximate surface area is 113 Å². The summed E-state index contributed by atoms with van der Waals surface area (Å²) in [5, 5.41) is 0. The predicted octanol–water partition coefficient (Wildman–Crippen LogP) is 4.11. The lowest BCUT2D eigenvalue weighted by Crippen LogP contribution is -2.21. The first-order chi connectivity index (χ1) is 8.29. The molecule has 1 aromatic carbocycles. The minimum Gasteiger partial charge on any atom is -0.375 e. The van der Waals surface area contributed by atoms with Gasteiger partial charge in [-0.3, -0.25) is 0 Å². The fourth-order valence-electron chi connectivity index (χ4n) is 1.39. The van der Waals surface area contributed by atoms with Crippen LogP contribution in [0.15, 0.2) is 30.3 Å². The minimum absolute atomic E-state index is 0.0605. The molecule has 1 nitrogen and oxygen atoms in total. The van der Waals surface area contributed by atoms with Crippen molar-refractivity contribution >= 4 is 8.07 Å². The third-order valence-corrected chi connectivity index (χ3v) is 3.23. The van der Waals surface area contributed by atoms with E-state index in [9.17, 15) is 0 Å². The van der Waals surface area contributed by atoms with Crippen LogP contribution in [0.2, 0.25) is 19.6 Å². The fraction of sp³-hybridized carbons (Fsp3) is 0.500. The number of benzene rings is 1. The highest BCUT2D eigenvalue weighted by Gasteiger charge is 2.16. The number of hydrogen-bond acceptors (Lipinski definition) is 1. The lowest BCUT2D eigenvalue weighted by atomic mass is 9.96.